The third-order valence-electron chi connectivity index (χ3n) is 5.18. The van der Waals surface area contributed by atoms with Crippen molar-refractivity contribution in [1.29, 1.82) is 0 Å². The van der Waals surface area contributed by atoms with Gasteiger partial charge in [-0.2, -0.15) is 0 Å². The van der Waals surface area contributed by atoms with Crippen LogP contribution in [-0.4, -0.2) is 49.7 Å². The van der Waals surface area contributed by atoms with Crippen molar-refractivity contribution in [2.45, 2.75) is 51.4 Å². The van der Waals surface area contributed by atoms with E-state index in [4.69, 9.17) is 9.47 Å². The third kappa shape index (κ3) is 5.44. The SMILES string of the molecule is COc1cccc(COC(C)C(=O)N2CCC(NCC3CC3)CC2)c1. The molecule has 5 nitrogen and oxygen atoms in total. The summed E-state index contributed by atoms with van der Waals surface area (Å²) in [6.07, 6.45) is 4.43. The number of nitrogens with one attached hydrogen (secondary N) is 1. The maximum atomic E-state index is 12.6. The van der Waals surface area contributed by atoms with Crippen LogP contribution in [0.5, 0.6) is 5.75 Å². The van der Waals surface area contributed by atoms with Gasteiger partial charge in [0.05, 0.1) is 13.7 Å². The van der Waals surface area contributed by atoms with Crippen LogP contribution in [-0.2, 0) is 16.1 Å². The number of hydrogen-bond donors (Lipinski definition) is 1. The quantitative estimate of drug-likeness (QED) is 0.786. The van der Waals surface area contributed by atoms with Gasteiger partial charge in [0.1, 0.15) is 11.9 Å². The van der Waals surface area contributed by atoms with E-state index in [-0.39, 0.29) is 5.91 Å². The van der Waals surface area contributed by atoms with E-state index in [1.165, 1.54) is 12.8 Å². The van der Waals surface area contributed by atoms with Gasteiger partial charge in [-0.1, -0.05) is 12.1 Å². The van der Waals surface area contributed by atoms with Crippen LogP contribution in [0.2, 0.25) is 0 Å². The molecule has 5 heteroatoms. The zero-order valence-corrected chi connectivity index (χ0v) is 15.4. The molecule has 1 saturated carbocycles. The molecule has 138 valence electrons. The highest BCUT2D eigenvalue weighted by Crippen LogP contribution is 2.28. The summed E-state index contributed by atoms with van der Waals surface area (Å²) in [6, 6.07) is 8.33. The molecule has 1 N–H and O–H groups in total. The number of nitrogens with zero attached hydrogens (tertiary/aromatic N) is 1. The molecule has 1 aromatic rings. The predicted molar refractivity (Wildman–Crippen MR) is 97.6 cm³/mol. The molecule has 0 bridgehead atoms. The Bertz CT molecular complexity index is 566. The first-order chi connectivity index (χ1) is 12.2. The molecule has 1 unspecified atom stereocenters. The lowest BCUT2D eigenvalue weighted by Crippen LogP contribution is -2.48. The summed E-state index contributed by atoms with van der Waals surface area (Å²) in [5, 5.41) is 3.65. The number of benzene rings is 1. The molecule has 2 aliphatic rings. The first-order valence-corrected chi connectivity index (χ1v) is 9.42. The van der Waals surface area contributed by atoms with Crippen molar-refractivity contribution in [2.24, 2.45) is 5.92 Å². The summed E-state index contributed by atoms with van der Waals surface area (Å²) in [7, 11) is 1.65. The van der Waals surface area contributed by atoms with E-state index in [0.717, 1.165) is 49.7 Å². The highest BCUT2D eigenvalue weighted by molar-refractivity contribution is 5.80. The van der Waals surface area contributed by atoms with Crippen LogP contribution < -0.4 is 10.1 Å². The Balaban J connectivity index is 1.39. The van der Waals surface area contributed by atoms with Crippen molar-refractivity contribution in [1.82, 2.24) is 10.2 Å². The number of methoxy groups -OCH3 is 1. The Morgan fingerprint density at radius 1 is 1.28 bits per heavy atom. The predicted octanol–water partition coefficient (Wildman–Crippen LogP) is 2.59. The van der Waals surface area contributed by atoms with Crippen molar-refractivity contribution in [3.8, 4) is 5.75 Å². The van der Waals surface area contributed by atoms with Gasteiger partial charge in [-0.25, -0.2) is 0 Å². The normalized spacial score (nSPS) is 19.7. The molecule has 1 amide bonds. The summed E-state index contributed by atoms with van der Waals surface area (Å²) in [6.45, 7) is 5.07. The highest BCUT2D eigenvalue weighted by atomic mass is 16.5. The van der Waals surface area contributed by atoms with Crippen LogP contribution in [0.3, 0.4) is 0 Å². The van der Waals surface area contributed by atoms with E-state index in [1.54, 1.807) is 7.11 Å². The molecule has 1 heterocycles. The van der Waals surface area contributed by atoms with Gasteiger partial charge in [0, 0.05) is 19.1 Å². The van der Waals surface area contributed by atoms with Gasteiger partial charge >= 0.3 is 0 Å². The second-order valence-corrected chi connectivity index (χ2v) is 7.26. The van der Waals surface area contributed by atoms with Crippen LogP contribution in [0.15, 0.2) is 24.3 Å². The molecule has 1 aliphatic carbocycles. The molecule has 1 atom stereocenters. The summed E-state index contributed by atoms with van der Waals surface area (Å²) in [4.78, 5) is 14.5. The Hall–Kier alpha value is -1.59. The molecule has 1 aromatic carbocycles. The highest BCUT2D eigenvalue weighted by Gasteiger charge is 2.28. The van der Waals surface area contributed by atoms with Crippen molar-refractivity contribution in [2.75, 3.05) is 26.7 Å². The first kappa shape index (κ1) is 18.2. The molecule has 1 aliphatic heterocycles. The Labute approximate surface area is 150 Å². The number of piperidine rings is 1. The Morgan fingerprint density at radius 3 is 2.72 bits per heavy atom. The monoisotopic (exact) mass is 346 g/mol. The number of carbonyl (C=O) groups excluding carboxylic acids is 1. The van der Waals surface area contributed by atoms with Crippen molar-refractivity contribution in [3.05, 3.63) is 29.8 Å². The van der Waals surface area contributed by atoms with E-state index in [9.17, 15) is 4.79 Å². The van der Waals surface area contributed by atoms with Crippen molar-refractivity contribution >= 4 is 5.91 Å². The lowest BCUT2D eigenvalue weighted by atomic mass is 10.0. The number of carbonyl (C=O) groups is 1. The van der Waals surface area contributed by atoms with Gasteiger partial charge in [-0.3, -0.25) is 4.79 Å². The second-order valence-electron chi connectivity index (χ2n) is 7.26. The molecule has 0 radical (unpaired) electrons. The summed E-state index contributed by atoms with van der Waals surface area (Å²) >= 11 is 0. The van der Waals surface area contributed by atoms with Gasteiger partial charge in [0.15, 0.2) is 0 Å². The maximum Gasteiger partial charge on any atom is 0.251 e. The number of likely N-dealkylation sites (tertiary alicyclic amines) is 1. The van der Waals surface area contributed by atoms with Gasteiger partial charge in [0.25, 0.3) is 5.91 Å². The van der Waals surface area contributed by atoms with Gasteiger partial charge < -0.3 is 19.7 Å². The average Bonchev–Trinajstić information content (AvgIpc) is 3.49. The second kappa shape index (κ2) is 8.68. The number of rotatable bonds is 8. The van der Waals surface area contributed by atoms with Gasteiger partial charge in [-0.15, -0.1) is 0 Å². The van der Waals surface area contributed by atoms with Gasteiger partial charge in [-0.05, 0) is 62.8 Å². The molecule has 0 aromatic heterocycles. The standard InChI is InChI=1S/C20H30N2O3/c1-15(25-14-17-4-3-5-19(12-17)24-2)20(23)22-10-8-18(9-11-22)21-13-16-6-7-16/h3-5,12,15-16,18,21H,6-11,13-14H2,1-2H3. The van der Waals surface area contributed by atoms with Crippen LogP contribution in [0.1, 0.15) is 38.2 Å². The zero-order chi connectivity index (χ0) is 17.6. The van der Waals surface area contributed by atoms with Crippen LogP contribution in [0.4, 0.5) is 0 Å². The zero-order valence-electron chi connectivity index (χ0n) is 15.4. The number of ether oxygens (including phenoxy) is 2. The van der Waals surface area contributed by atoms with Crippen LogP contribution in [0, 0.1) is 5.92 Å². The van der Waals surface area contributed by atoms with Crippen molar-refractivity contribution in [3.63, 3.8) is 0 Å². The Kier molecular flexibility index (Phi) is 6.32. The minimum absolute atomic E-state index is 0.100. The van der Waals surface area contributed by atoms with E-state index in [0.29, 0.717) is 12.6 Å². The average molecular weight is 346 g/mol. The molecular weight excluding hydrogens is 316 g/mol. The molecule has 2 fully saturated rings. The lowest BCUT2D eigenvalue weighted by Gasteiger charge is -2.34. The molecule has 25 heavy (non-hydrogen) atoms. The number of amides is 1. The summed E-state index contributed by atoms with van der Waals surface area (Å²) in [5.41, 5.74) is 1.02. The molecular formula is C20H30N2O3. The fourth-order valence-electron chi connectivity index (χ4n) is 3.27. The van der Waals surface area contributed by atoms with E-state index in [2.05, 4.69) is 5.32 Å². The lowest BCUT2D eigenvalue weighted by molar-refractivity contribution is -0.144. The smallest absolute Gasteiger partial charge is 0.251 e. The summed E-state index contributed by atoms with van der Waals surface area (Å²) < 4.78 is 11.0. The summed E-state index contributed by atoms with van der Waals surface area (Å²) in [5.74, 6) is 1.81. The largest absolute Gasteiger partial charge is 0.497 e. The molecule has 0 spiro atoms. The van der Waals surface area contributed by atoms with Crippen LogP contribution in [0.25, 0.3) is 0 Å². The van der Waals surface area contributed by atoms with Crippen LogP contribution >= 0.6 is 0 Å². The Morgan fingerprint density at radius 2 is 2.04 bits per heavy atom. The van der Waals surface area contributed by atoms with E-state index >= 15 is 0 Å². The fourth-order valence-corrected chi connectivity index (χ4v) is 3.27. The van der Waals surface area contributed by atoms with E-state index in [1.807, 2.05) is 36.1 Å². The van der Waals surface area contributed by atoms with Crippen molar-refractivity contribution < 1.29 is 14.3 Å². The fraction of sp³-hybridized carbons (Fsp3) is 0.650. The van der Waals surface area contributed by atoms with E-state index < -0.39 is 6.10 Å². The minimum Gasteiger partial charge on any atom is -0.497 e. The minimum atomic E-state index is -0.415. The maximum absolute atomic E-state index is 12.6. The molecule has 1 saturated heterocycles. The number of hydrogen-bond acceptors (Lipinski definition) is 4. The first-order valence-electron chi connectivity index (χ1n) is 9.42. The molecule has 3 rings (SSSR count). The topological polar surface area (TPSA) is 50.8 Å². The van der Waals surface area contributed by atoms with Gasteiger partial charge in [0.2, 0.25) is 0 Å². The third-order valence-corrected chi connectivity index (χ3v) is 5.18.